The van der Waals surface area contributed by atoms with Gasteiger partial charge in [-0.05, 0) is 36.1 Å². The van der Waals surface area contributed by atoms with Crippen LogP contribution < -0.4 is 4.89 Å². The van der Waals surface area contributed by atoms with Gasteiger partial charge in [-0.3, -0.25) is 0 Å². The highest BCUT2D eigenvalue weighted by molar-refractivity contribution is 7.91. The highest BCUT2D eigenvalue weighted by Gasteiger charge is 2.19. The van der Waals surface area contributed by atoms with Gasteiger partial charge in [-0.25, -0.2) is 13.2 Å². The second-order valence-electron chi connectivity index (χ2n) is 5.95. The summed E-state index contributed by atoms with van der Waals surface area (Å²) in [5, 5.41) is 10.6. The molecule has 140 valence electrons. The van der Waals surface area contributed by atoms with Gasteiger partial charge in [0.1, 0.15) is 12.2 Å². The van der Waals surface area contributed by atoms with Crippen LogP contribution in [0.5, 0.6) is 5.75 Å². The van der Waals surface area contributed by atoms with Crippen LogP contribution in [0.25, 0.3) is 10.8 Å². The number of sulfone groups is 1. The van der Waals surface area contributed by atoms with Crippen LogP contribution in [0.3, 0.4) is 0 Å². The van der Waals surface area contributed by atoms with Crippen LogP contribution in [0.4, 0.5) is 0 Å². The second-order valence-corrected chi connectivity index (χ2v) is 8.03. The van der Waals surface area contributed by atoms with E-state index in [2.05, 4.69) is 0 Å². The van der Waals surface area contributed by atoms with Gasteiger partial charge in [-0.2, -0.15) is 4.89 Å². The number of hydrogen-bond acceptors (Lipinski definition) is 5. The topological polar surface area (TPSA) is 89.9 Å². The van der Waals surface area contributed by atoms with Crippen LogP contribution in [-0.4, -0.2) is 31.9 Å². The third-order valence-corrected chi connectivity index (χ3v) is 5.87. The Labute approximate surface area is 156 Å². The molecule has 27 heavy (non-hydrogen) atoms. The summed E-state index contributed by atoms with van der Waals surface area (Å²) < 4.78 is 25.4. The number of carboxylic acid groups (broad SMARTS) is 1. The van der Waals surface area contributed by atoms with Gasteiger partial charge in [0.2, 0.25) is 0 Å². The molecule has 0 saturated heterocycles. The third kappa shape index (κ3) is 4.10. The summed E-state index contributed by atoms with van der Waals surface area (Å²) in [5.41, 5.74) is 0.930. The summed E-state index contributed by atoms with van der Waals surface area (Å²) in [6, 6.07) is 16.6. The highest BCUT2D eigenvalue weighted by atomic mass is 32.2. The average Bonchev–Trinajstić information content (AvgIpc) is 2.66. The number of carbonyl (C=O) groups is 1. The van der Waals surface area contributed by atoms with Crippen LogP contribution in [0.15, 0.2) is 65.6 Å². The lowest BCUT2D eigenvalue weighted by molar-refractivity contribution is -0.201. The van der Waals surface area contributed by atoms with E-state index in [4.69, 9.17) is 14.9 Å². The van der Waals surface area contributed by atoms with Gasteiger partial charge < -0.3 is 9.99 Å². The minimum atomic E-state index is -3.61. The van der Waals surface area contributed by atoms with E-state index in [1.807, 2.05) is 19.1 Å². The minimum absolute atomic E-state index is 0.0168. The maximum Gasteiger partial charge on any atom is 0.339 e. The molecule has 0 aliphatic carbocycles. The zero-order valence-corrected chi connectivity index (χ0v) is 15.4. The SMILES string of the molecule is Cc1ccc(S(=O)(=O)CCOOc2ccccc2C(=O)O)c2ccccc12. The number of carboxylic acids is 1. The van der Waals surface area contributed by atoms with Crippen molar-refractivity contribution in [2.45, 2.75) is 11.8 Å². The lowest BCUT2D eigenvalue weighted by atomic mass is 10.1. The Balaban J connectivity index is 1.72. The van der Waals surface area contributed by atoms with Crippen molar-refractivity contribution in [1.82, 2.24) is 0 Å². The molecule has 0 heterocycles. The van der Waals surface area contributed by atoms with Gasteiger partial charge >= 0.3 is 5.97 Å². The summed E-state index contributed by atoms with van der Waals surface area (Å²) >= 11 is 0. The Morgan fingerprint density at radius 2 is 1.63 bits per heavy atom. The van der Waals surface area contributed by atoms with Crippen LogP contribution in [0.1, 0.15) is 15.9 Å². The fourth-order valence-electron chi connectivity index (χ4n) is 2.77. The molecule has 0 aliphatic rings. The van der Waals surface area contributed by atoms with Crippen molar-refractivity contribution in [2.75, 3.05) is 12.4 Å². The summed E-state index contributed by atoms with van der Waals surface area (Å²) in [7, 11) is -3.61. The number of aryl methyl sites for hydroxylation is 1. The Kier molecular flexibility index (Phi) is 5.43. The van der Waals surface area contributed by atoms with E-state index < -0.39 is 15.8 Å². The predicted molar refractivity (Wildman–Crippen MR) is 101 cm³/mol. The number of hydrogen-bond donors (Lipinski definition) is 1. The molecule has 3 aromatic carbocycles. The number of rotatable bonds is 7. The molecule has 0 saturated carbocycles. The Morgan fingerprint density at radius 3 is 2.37 bits per heavy atom. The quantitative estimate of drug-likeness (QED) is 0.379. The maximum atomic E-state index is 12.7. The normalized spacial score (nSPS) is 11.4. The Hall–Kier alpha value is -2.90. The van der Waals surface area contributed by atoms with Crippen molar-refractivity contribution < 1.29 is 28.1 Å². The van der Waals surface area contributed by atoms with Crippen LogP contribution in [0, 0.1) is 6.92 Å². The smallest absolute Gasteiger partial charge is 0.339 e. The first-order valence-corrected chi connectivity index (χ1v) is 9.88. The van der Waals surface area contributed by atoms with Crippen LogP contribution >= 0.6 is 0 Å². The third-order valence-electron chi connectivity index (χ3n) is 4.14. The van der Waals surface area contributed by atoms with E-state index in [9.17, 15) is 13.2 Å². The number of aromatic carboxylic acids is 1. The molecule has 0 aromatic heterocycles. The highest BCUT2D eigenvalue weighted by Crippen LogP contribution is 2.26. The van der Waals surface area contributed by atoms with Gasteiger partial charge in [-0.15, -0.1) is 0 Å². The van der Waals surface area contributed by atoms with Crippen molar-refractivity contribution in [1.29, 1.82) is 0 Å². The molecular formula is C20H18O6S. The molecule has 0 aliphatic heterocycles. The van der Waals surface area contributed by atoms with Gasteiger partial charge in [0.05, 0.1) is 10.6 Å². The number of para-hydroxylation sites is 1. The van der Waals surface area contributed by atoms with Gasteiger partial charge in [-0.1, -0.05) is 42.5 Å². The first kappa shape index (κ1) is 18.9. The molecule has 0 atom stereocenters. The largest absolute Gasteiger partial charge is 0.478 e. The van der Waals surface area contributed by atoms with E-state index >= 15 is 0 Å². The Bertz CT molecular complexity index is 1090. The molecule has 7 heteroatoms. The van der Waals surface area contributed by atoms with E-state index in [1.165, 1.54) is 12.1 Å². The first-order chi connectivity index (χ1) is 12.9. The monoisotopic (exact) mass is 386 g/mol. The summed E-state index contributed by atoms with van der Waals surface area (Å²) in [6.07, 6.45) is 0. The summed E-state index contributed by atoms with van der Waals surface area (Å²) in [5.74, 6) is -1.44. The Morgan fingerprint density at radius 1 is 0.963 bits per heavy atom. The van der Waals surface area contributed by atoms with E-state index in [1.54, 1.807) is 36.4 Å². The zero-order chi connectivity index (χ0) is 19.4. The predicted octanol–water partition coefficient (Wildman–Crippen LogP) is 3.63. The summed E-state index contributed by atoms with van der Waals surface area (Å²) in [4.78, 5) is 21.3. The lowest BCUT2D eigenvalue weighted by Gasteiger charge is -2.11. The molecule has 3 aromatic rings. The van der Waals surface area contributed by atoms with E-state index in [0.29, 0.717) is 5.39 Å². The molecule has 0 fully saturated rings. The molecular weight excluding hydrogens is 368 g/mol. The van der Waals surface area contributed by atoms with Gasteiger partial charge in [0.15, 0.2) is 15.6 Å². The fourth-order valence-corrected chi connectivity index (χ4v) is 4.06. The molecule has 0 spiro atoms. The minimum Gasteiger partial charge on any atom is -0.478 e. The van der Waals surface area contributed by atoms with Crippen molar-refractivity contribution in [2.24, 2.45) is 0 Å². The van der Waals surface area contributed by atoms with E-state index in [-0.39, 0.29) is 28.6 Å². The zero-order valence-electron chi connectivity index (χ0n) is 14.6. The lowest BCUT2D eigenvalue weighted by Crippen LogP contribution is -2.15. The molecule has 6 nitrogen and oxygen atoms in total. The van der Waals surface area contributed by atoms with Crippen LogP contribution in [-0.2, 0) is 14.7 Å². The van der Waals surface area contributed by atoms with Crippen molar-refractivity contribution in [3.8, 4) is 5.75 Å². The molecule has 0 unspecified atom stereocenters. The fraction of sp³-hybridized carbons (Fsp3) is 0.150. The molecule has 0 radical (unpaired) electrons. The maximum absolute atomic E-state index is 12.7. The average molecular weight is 386 g/mol. The van der Waals surface area contributed by atoms with Crippen molar-refractivity contribution in [3.63, 3.8) is 0 Å². The van der Waals surface area contributed by atoms with Gasteiger partial charge in [0.25, 0.3) is 0 Å². The molecule has 3 rings (SSSR count). The van der Waals surface area contributed by atoms with Crippen molar-refractivity contribution in [3.05, 3.63) is 71.8 Å². The first-order valence-electron chi connectivity index (χ1n) is 8.23. The number of fused-ring (bicyclic) bond motifs is 1. The standard InChI is InChI=1S/C20H18O6S/c1-14-10-11-19(16-7-3-2-6-15(14)16)27(23,24)13-12-25-26-18-9-5-4-8-17(18)20(21)22/h2-11H,12-13H2,1H3,(H,21,22). The number of benzene rings is 3. The van der Waals surface area contributed by atoms with E-state index in [0.717, 1.165) is 10.9 Å². The second kappa shape index (κ2) is 7.77. The molecule has 1 N–H and O–H groups in total. The molecule has 0 bridgehead atoms. The van der Waals surface area contributed by atoms with Crippen LogP contribution in [0.2, 0.25) is 0 Å². The summed E-state index contributed by atoms with van der Waals surface area (Å²) in [6.45, 7) is 1.69. The van der Waals surface area contributed by atoms with Crippen molar-refractivity contribution >= 4 is 26.6 Å². The molecule has 0 amide bonds. The van der Waals surface area contributed by atoms with Gasteiger partial charge in [0, 0.05) is 5.39 Å².